The van der Waals surface area contributed by atoms with E-state index in [0.717, 1.165) is 10.5 Å². The van der Waals surface area contributed by atoms with Gasteiger partial charge in [0.15, 0.2) is 0 Å². The monoisotopic (exact) mass is 193 g/mol. The summed E-state index contributed by atoms with van der Waals surface area (Å²) in [6, 6.07) is 7.69. The van der Waals surface area contributed by atoms with E-state index in [-0.39, 0.29) is 10.8 Å². The van der Waals surface area contributed by atoms with Crippen molar-refractivity contribution >= 4 is 17.7 Å². The second kappa shape index (κ2) is 2.77. The van der Waals surface area contributed by atoms with Gasteiger partial charge in [-0.3, -0.25) is 4.79 Å². The molecule has 1 aliphatic rings. The number of hydrogen-bond acceptors (Lipinski definition) is 2. The van der Waals surface area contributed by atoms with E-state index in [4.69, 9.17) is 0 Å². The second-order valence-electron chi connectivity index (χ2n) is 3.56. The van der Waals surface area contributed by atoms with E-state index >= 15 is 0 Å². The maximum atomic E-state index is 11.6. The third-order valence-electron chi connectivity index (χ3n) is 1.91. The van der Waals surface area contributed by atoms with E-state index in [9.17, 15) is 4.79 Å². The standard InChI is InChI=1S/C10H11NOS/c1-10(2)11-9(12)7-5-3-4-6-8(7)13-10/h3-6H,1-2H3,(H,11,12). The van der Waals surface area contributed by atoms with Crippen LogP contribution in [0.15, 0.2) is 29.2 Å². The van der Waals surface area contributed by atoms with E-state index in [2.05, 4.69) is 5.32 Å². The largest absolute Gasteiger partial charge is 0.338 e. The molecule has 3 heteroatoms. The van der Waals surface area contributed by atoms with Gasteiger partial charge in [-0.2, -0.15) is 0 Å². The normalized spacial score (nSPS) is 19.1. The molecule has 0 aliphatic carbocycles. The van der Waals surface area contributed by atoms with Crippen LogP contribution in [0.2, 0.25) is 0 Å². The molecule has 0 radical (unpaired) electrons. The van der Waals surface area contributed by atoms with Crippen molar-refractivity contribution in [2.24, 2.45) is 0 Å². The maximum Gasteiger partial charge on any atom is 0.253 e. The quantitative estimate of drug-likeness (QED) is 0.684. The van der Waals surface area contributed by atoms with Gasteiger partial charge in [-0.15, -0.1) is 0 Å². The van der Waals surface area contributed by atoms with Gasteiger partial charge in [0.1, 0.15) is 0 Å². The Balaban J connectivity index is 2.49. The van der Waals surface area contributed by atoms with Crippen molar-refractivity contribution in [1.82, 2.24) is 5.32 Å². The van der Waals surface area contributed by atoms with Gasteiger partial charge < -0.3 is 5.32 Å². The summed E-state index contributed by atoms with van der Waals surface area (Å²) in [7, 11) is 0. The van der Waals surface area contributed by atoms with Crippen molar-refractivity contribution in [2.75, 3.05) is 0 Å². The lowest BCUT2D eigenvalue weighted by molar-refractivity contribution is 0.0929. The molecule has 0 fully saturated rings. The highest BCUT2D eigenvalue weighted by atomic mass is 32.2. The van der Waals surface area contributed by atoms with Crippen molar-refractivity contribution in [3.05, 3.63) is 29.8 Å². The van der Waals surface area contributed by atoms with Crippen LogP contribution >= 0.6 is 11.8 Å². The van der Waals surface area contributed by atoms with Crippen molar-refractivity contribution in [1.29, 1.82) is 0 Å². The van der Waals surface area contributed by atoms with Crippen LogP contribution in [0.25, 0.3) is 0 Å². The Bertz CT molecular complexity index is 360. The minimum Gasteiger partial charge on any atom is -0.338 e. The van der Waals surface area contributed by atoms with Crippen LogP contribution in [-0.2, 0) is 0 Å². The Morgan fingerprint density at radius 1 is 1.31 bits per heavy atom. The summed E-state index contributed by atoms with van der Waals surface area (Å²) in [5.74, 6) is 0.0272. The highest BCUT2D eigenvalue weighted by molar-refractivity contribution is 8.00. The van der Waals surface area contributed by atoms with E-state index < -0.39 is 0 Å². The predicted octanol–water partition coefficient (Wildman–Crippen LogP) is 2.26. The molecule has 1 heterocycles. The Morgan fingerprint density at radius 3 is 2.77 bits per heavy atom. The molecule has 0 saturated carbocycles. The Kier molecular flexibility index (Phi) is 1.84. The molecule has 1 aromatic carbocycles. The summed E-state index contributed by atoms with van der Waals surface area (Å²) in [4.78, 5) is 12.5. The van der Waals surface area contributed by atoms with Gasteiger partial charge >= 0.3 is 0 Å². The minimum absolute atomic E-state index is 0.0272. The first-order valence-corrected chi connectivity index (χ1v) is 5.01. The average molecular weight is 193 g/mol. The fourth-order valence-electron chi connectivity index (χ4n) is 1.38. The summed E-state index contributed by atoms with van der Waals surface area (Å²) in [6.45, 7) is 4.01. The number of carbonyl (C=O) groups is 1. The lowest BCUT2D eigenvalue weighted by Crippen LogP contribution is -2.43. The summed E-state index contributed by atoms with van der Waals surface area (Å²) in [5, 5.41) is 2.94. The maximum absolute atomic E-state index is 11.6. The second-order valence-corrected chi connectivity index (χ2v) is 5.23. The fourth-order valence-corrected chi connectivity index (χ4v) is 2.50. The van der Waals surface area contributed by atoms with Crippen molar-refractivity contribution in [2.45, 2.75) is 23.6 Å². The zero-order valence-corrected chi connectivity index (χ0v) is 8.44. The summed E-state index contributed by atoms with van der Waals surface area (Å²) < 4.78 is 0. The smallest absolute Gasteiger partial charge is 0.253 e. The van der Waals surface area contributed by atoms with Gasteiger partial charge in [0.25, 0.3) is 5.91 Å². The van der Waals surface area contributed by atoms with Gasteiger partial charge in [0.2, 0.25) is 0 Å². The number of benzene rings is 1. The molecular weight excluding hydrogens is 182 g/mol. The molecule has 68 valence electrons. The van der Waals surface area contributed by atoms with E-state index in [1.54, 1.807) is 11.8 Å². The van der Waals surface area contributed by atoms with E-state index in [1.165, 1.54) is 0 Å². The summed E-state index contributed by atoms with van der Waals surface area (Å²) in [6.07, 6.45) is 0. The van der Waals surface area contributed by atoms with Gasteiger partial charge in [0.05, 0.1) is 10.4 Å². The van der Waals surface area contributed by atoms with Gasteiger partial charge in [-0.1, -0.05) is 23.9 Å². The highest BCUT2D eigenvalue weighted by Crippen LogP contribution is 2.36. The topological polar surface area (TPSA) is 29.1 Å². The minimum atomic E-state index is -0.189. The molecule has 0 unspecified atom stereocenters. The molecule has 0 spiro atoms. The molecular formula is C10H11NOS. The molecule has 0 atom stereocenters. The molecule has 0 bridgehead atoms. The van der Waals surface area contributed by atoms with E-state index in [1.807, 2.05) is 38.1 Å². The number of rotatable bonds is 0. The molecule has 2 rings (SSSR count). The molecule has 0 aromatic heterocycles. The first-order valence-electron chi connectivity index (χ1n) is 4.19. The van der Waals surface area contributed by atoms with Gasteiger partial charge in [0, 0.05) is 4.90 Å². The first-order chi connectivity index (χ1) is 6.08. The third-order valence-corrected chi connectivity index (χ3v) is 3.10. The number of nitrogens with one attached hydrogen (secondary N) is 1. The Hall–Kier alpha value is -0.960. The average Bonchev–Trinajstić information content (AvgIpc) is 2.02. The van der Waals surface area contributed by atoms with Gasteiger partial charge in [-0.05, 0) is 26.0 Å². The lowest BCUT2D eigenvalue weighted by atomic mass is 10.2. The number of fused-ring (bicyclic) bond motifs is 1. The number of amides is 1. The van der Waals surface area contributed by atoms with Crippen LogP contribution < -0.4 is 5.32 Å². The van der Waals surface area contributed by atoms with Crippen molar-refractivity contribution < 1.29 is 4.79 Å². The predicted molar refractivity (Wildman–Crippen MR) is 53.8 cm³/mol. The molecule has 2 nitrogen and oxygen atoms in total. The van der Waals surface area contributed by atoms with Crippen LogP contribution in [0.1, 0.15) is 24.2 Å². The number of carbonyl (C=O) groups excluding carboxylic acids is 1. The van der Waals surface area contributed by atoms with Crippen LogP contribution in [0, 0.1) is 0 Å². The molecule has 13 heavy (non-hydrogen) atoms. The highest BCUT2D eigenvalue weighted by Gasteiger charge is 2.29. The molecule has 1 amide bonds. The fraction of sp³-hybridized carbons (Fsp3) is 0.300. The van der Waals surface area contributed by atoms with Crippen LogP contribution in [-0.4, -0.2) is 10.8 Å². The molecule has 0 saturated heterocycles. The molecule has 1 aromatic rings. The van der Waals surface area contributed by atoms with Gasteiger partial charge in [-0.25, -0.2) is 0 Å². The van der Waals surface area contributed by atoms with Crippen molar-refractivity contribution in [3.63, 3.8) is 0 Å². The third kappa shape index (κ3) is 1.56. The van der Waals surface area contributed by atoms with Crippen LogP contribution in [0.3, 0.4) is 0 Å². The first kappa shape index (κ1) is 8.63. The van der Waals surface area contributed by atoms with E-state index in [0.29, 0.717) is 0 Å². The zero-order valence-electron chi connectivity index (χ0n) is 7.63. The molecule has 1 aliphatic heterocycles. The number of hydrogen-bond donors (Lipinski definition) is 1. The Morgan fingerprint density at radius 2 is 2.00 bits per heavy atom. The summed E-state index contributed by atoms with van der Waals surface area (Å²) in [5.41, 5.74) is 0.784. The van der Waals surface area contributed by atoms with Crippen LogP contribution in [0.4, 0.5) is 0 Å². The molecule has 1 N–H and O–H groups in total. The van der Waals surface area contributed by atoms with Crippen LogP contribution in [0.5, 0.6) is 0 Å². The SMILES string of the molecule is CC1(C)NC(=O)c2ccccc2S1. The lowest BCUT2D eigenvalue weighted by Gasteiger charge is -2.31. The van der Waals surface area contributed by atoms with Crippen molar-refractivity contribution in [3.8, 4) is 0 Å². The Labute approximate surface area is 81.7 Å². The number of thioether (sulfide) groups is 1. The summed E-state index contributed by atoms with van der Waals surface area (Å²) >= 11 is 1.69. The zero-order chi connectivity index (χ0) is 9.47.